The topological polar surface area (TPSA) is 58.6 Å². The Morgan fingerprint density at radius 1 is 1.26 bits per heavy atom. The predicted molar refractivity (Wildman–Crippen MR) is 91.3 cm³/mol. The van der Waals surface area contributed by atoms with E-state index in [9.17, 15) is 9.90 Å². The molecule has 2 N–H and O–H groups in total. The fourth-order valence-corrected chi connectivity index (χ4v) is 3.26. The molecule has 1 saturated heterocycles. The van der Waals surface area contributed by atoms with Crippen molar-refractivity contribution in [1.82, 2.24) is 5.32 Å². The van der Waals surface area contributed by atoms with Gasteiger partial charge < -0.3 is 15.2 Å². The van der Waals surface area contributed by atoms with Crippen molar-refractivity contribution in [3.63, 3.8) is 0 Å². The van der Waals surface area contributed by atoms with Crippen LogP contribution in [0.3, 0.4) is 0 Å². The van der Waals surface area contributed by atoms with Crippen LogP contribution in [0.5, 0.6) is 0 Å². The van der Waals surface area contributed by atoms with E-state index in [2.05, 4.69) is 17.4 Å². The van der Waals surface area contributed by atoms with E-state index in [-0.39, 0.29) is 18.5 Å². The van der Waals surface area contributed by atoms with Gasteiger partial charge in [-0.1, -0.05) is 30.3 Å². The summed E-state index contributed by atoms with van der Waals surface area (Å²) in [5.41, 5.74) is 0.0584. The highest BCUT2D eigenvalue weighted by Crippen LogP contribution is 2.42. The van der Waals surface area contributed by atoms with Crippen LogP contribution in [0, 0.1) is 5.41 Å². The third kappa shape index (κ3) is 4.33. The van der Waals surface area contributed by atoms with Gasteiger partial charge in [0.25, 0.3) is 0 Å². The summed E-state index contributed by atoms with van der Waals surface area (Å²) in [6.07, 6.45) is 2.14. The van der Waals surface area contributed by atoms with Gasteiger partial charge in [-0.3, -0.25) is 4.79 Å². The minimum Gasteiger partial charge on any atom is -0.458 e. The number of aliphatic hydroxyl groups is 1. The van der Waals surface area contributed by atoms with Gasteiger partial charge in [-0.25, -0.2) is 0 Å². The lowest BCUT2D eigenvalue weighted by molar-refractivity contribution is -0.176. The first-order valence-corrected chi connectivity index (χ1v) is 8.49. The molecule has 1 aliphatic rings. The van der Waals surface area contributed by atoms with Crippen LogP contribution in [-0.2, 0) is 9.53 Å². The van der Waals surface area contributed by atoms with E-state index >= 15 is 0 Å². The molecule has 0 saturated carbocycles. The summed E-state index contributed by atoms with van der Waals surface area (Å²) < 4.78 is 6.12. The van der Waals surface area contributed by atoms with Crippen molar-refractivity contribution in [2.24, 2.45) is 5.41 Å². The smallest absolute Gasteiger partial charge is 0.311 e. The minimum atomic E-state index is -0.542. The lowest BCUT2D eigenvalue weighted by Crippen LogP contribution is -2.51. The van der Waals surface area contributed by atoms with Gasteiger partial charge in [-0.05, 0) is 45.8 Å². The Balaban J connectivity index is 2.36. The summed E-state index contributed by atoms with van der Waals surface area (Å²) in [5.74, 6) is -0.152. The normalized spacial score (nSPS) is 19.1. The Bertz CT molecular complexity index is 501. The Labute approximate surface area is 139 Å². The van der Waals surface area contributed by atoms with E-state index in [0.717, 1.165) is 31.5 Å². The molecule has 1 fully saturated rings. The molecular weight excluding hydrogens is 290 g/mol. The molecule has 2 rings (SSSR count). The average Bonchev–Trinajstić information content (AvgIpc) is 2.53. The van der Waals surface area contributed by atoms with E-state index in [1.54, 1.807) is 0 Å². The van der Waals surface area contributed by atoms with E-state index in [0.29, 0.717) is 6.42 Å². The third-order valence-corrected chi connectivity index (χ3v) is 4.61. The van der Waals surface area contributed by atoms with Crippen LogP contribution in [0.25, 0.3) is 0 Å². The number of nitrogens with one attached hydrogen (secondary N) is 1. The second-order valence-corrected chi connectivity index (χ2v) is 7.43. The van der Waals surface area contributed by atoms with Gasteiger partial charge in [0.2, 0.25) is 0 Å². The molecular formula is C19H29NO3. The van der Waals surface area contributed by atoms with Crippen LogP contribution in [0.4, 0.5) is 0 Å². The standard InChI is InChI=1S/C19H29NO3/c1-18(2,3)17(22)23-19(10-12-20-13-11-19)16(9-14-21)15-7-5-4-6-8-15/h4-8,16,20-21H,9-14H2,1-3H3. The number of carbonyl (C=O) groups is 1. The molecule has 0 spiro atoms. The highest BCUT2D eigenvalue weighted by atomic mass is 16.6. The fraction of sp³-hybridized carbons (Fsp3) is 0.632. The van der Waals surface area contributed by atoms with Crippen LogP contribution in [0.2, 0.25) is 0 Å². The number of esters is 1. The van der Waals surface area contributed by atoms with Crippen molar-refractivity contribution < 1.29 is 14.6 Å². The molecule has 0 radical (unpaired) electrons. The maximum absolute atomic E-state index is 12.6. The van der Waals surface area contributed by atoms with E-state index in [1.165, 1.54) is 0 Å². The van der Waals surface area contributed by atoms with Gasteiger partial charge in [0.05, 0.1) is 5.41 Å². The van der Waals surface area contributed by atoms with Crippen molar-refractivity contribution in [3.05, 3.63) is 35.9 Å². The van der Waals surface area contributed by atoms with Gasteiger partial charge in [-0.15, -0.1) is 0 Å². The molecule has 1 aliphatic heterocycles. The zero-order valence-electron chi connectivity index (χ0n) is 14.5. The second-order valence-electron chi connectivity index (χ2n) is 7.43. The lowest BCUT2D eigenvalue weighted by Gasteiger charge is -2.44. The number of benzene rings is 1. The summed E-state index contributed by atoms with van der Waals surface area (Å²) in [6.45, 7) is 7.38. The first-order valence-electron chi connectivity index (χ1n) is 8.49. The quantitative estimate of drug-likeness (QED) is 0.819. The molecule has 1 atom stereocenters. The van der Waals surface area contributed by atoms with Crippen LogP contribution < -0.4 is 5.32 Å². The molecule has 0 bridgehead atoms. The molecule has 128 valence electrons. The van der Waals surface area contributed by atoms with Crippen molar-refractivity contribution in [2.75, 3.05) is 19.7 Å². The number of aliphatic hydroxyl groups excluding tert-OH is 1. The molecule has 0 amide bonds. The van der Waals surface area contributed by atoms with Crippen molar-refractivity contribution in [3.8, 4) is 0 Å². The highest BCUT2D eigenvalue weighted by molar-refractivity contribution is 5.76. The van der Waals surface area contributed by atoms with Crippen LogP contribution in [0.15, 0.2) is 30.3 Å². The number of hydrogen-bond acceptors (Lipinski definition) is 4. The van der Waals surface area contributed by atoms with Crippen molar-refractivity contribution >= 4 is 5.97 Å². The zero-order valence-corrected chi connectivity index (χ0v) is 14.5. The molecule has 4 heteroatoms. The van der Waals surface area contributed by atoms with Gasteiger partial charge in [0.15, 0.2) is 0 Å². The monoisotopic (exact) mass is 319 g/mol. The number of ether oxygens (including phenoxy) is 1. The minimum absolute atomic E-state index is 0.0158. The number of carbonyl (C=O) groups excluding carboxylic acids is 1. The van der Waals surface area contributed by atoms with Gasteiger partial charge in [0, 0.05) is 25.4 Å². The molecule has 1 aromatic rings. The third-order valence-electron chi connectivity index (χ3n) is 4.61. The first-order chi connectivity index (χ1) is 10.9. The number of hydrogen-bond donors (Lipinski definition) is 2. The molecule has 1 aromatic carbocycles. The Kier molecular flexibility index (Phi) is 5.82. The molecule has 4 nitrogen and oxygen atoms in total. The summed E-state index contributed by atoms with van der Waals surface area (Å²) in [7, 11) is 0. The Morgan fingerprint density at radius 2 is 1.87 bits per heavy atom. The predicted octanol–water partition coefficient (Wildman–Crippen LogP) is 2.86. The summed E-state index contributed by atoms with van der Waals surface area (Å²) in [6, 6.07) is 10.1. The average molecular weight is 319 g/mol. The first kappa shape index (κ1) is 18.0. The van der Waals surface area contributed by atoms with Crippen LogP contribution in [-0.4, -0.2) is 36.4 Å². The molecule has 1 heterocycles. The molecule has 0 aromatic heterocycles. The molecule has 0 aliphatic carbocycles. The second kappa shape index (κ2) is 7.45. The molecule has 23 heavy (non-hydrogen) atoms. The van der Waals surface area contributed by atoms with Crippen molar-refractivity contribution in [2.45, 2.75) is 51.6 Å². The van der Waals surface area contributed by atoms with E-state index in [4.69, 9.17) is 4.74 Å². The maximum atomic E-state index is 12.6. The lowest BCUT2D eigenvalue weighted by atomic mass is 9.74. The van der Waals surface area contributed by atoms with Gasteiger partial charge in [-0.2, -0.15) is 0 Å². The number of piperidine rings is 1. The van der Waals surface area contributed by atoms with E-state index < -0.39 is 11.0 Å². The largest absolute Gasteiger partial charge is 0.458 e. The highest BCUT2D eigenvalue weighted by Gasteiger charge is 2.45. The van der Waals surface area contributed by atoms with Crippen LogP contribution >= 0.6 is 0 Å². The van der Waals surface area contributed by atoms with Crippen molar-refractivity contribution in [1.29, 1.82) is 0 Å². The maximum Gasteiger partial charge on any atom is 0.311 e. The SMILES string of the molecule is CC(C)(C)C(=O)OC1(C(CCO)c2ccccc2)CCNCC1. The summed E-state index contributed by atoms with van der Waals surface area (Å²) in [4.78, 5) is 12.6. The molecule has 1 unspecified atom stereocenters. The fourth-order valence-electron chi connectivity index (χ4n) is 3.26. The van der Waals surface area contributed by atoms with E-state index in [1.807, 2.05) is 39.0 Å². The van der Waals surface area contributed by atoms with Gasteiger partial charge >= 0.3 is 5.97 Å². The Hall–Kier alpha value is -1.39. The Morgan fingerprint density at radius 3 is 2.39 bits per heavy atom. The summed E-state index contributed by atoms with van der Waals surface area (Å²) in [5, 5.41) is 12.9. The number of rotatable bonds is 5. The van der Waals surface area contributed by atoms with Gasteiger partial charge in [0.1, 0.15) is 5.60 Å². The summed E-state index contributed by atoms with van der Waals surface area (Å²) >= 11 is 0. The van der Waals surface area contributed by atoms with Crippen LogP contribution in [0.1, 0.15) is 51.5 Å². The zero-order chi connectivity index (χ0) is 16.9.